The second-order valence-electron chi connectivity index (χ2n) is 4.71. The molecule has 0 amide bonds. The molecular formula is C16H15N3O2S2. The Labute approximate surface area is 142 Å². The molecule has 0 radical (unpaired) electrons. The van der Waals surface area contributed by atoms with E-state index in [2.05, 4.69) is 14.5 Å². The molecule has 0 N–H and O–H groups in total. The molecule has 0 saturated heterocycles. The Balaban J connectivity index is 1.69. The molecule has 3 rings (SSSR count). The van der Waals surface area contributed by atoms with Crippen LogP contribution in [0.15, 0.2) is 53.4 Å². The van der Waals surface area contributed by atoms with Crippen LogP contribution in [0.2, 0.25) is 0 Å². The summed E-state index contributed by atoms with van der Waals surface area (Å²) in [4.78, 5) is 21.1. The highest BCUT2D eigenvalue weighted by Crippen LogP contribution is 2.27. The van der Waals surface area contributed by atoms with E-state index in [4.69, 9.17) is 4.74 Å². The van der Waals surface area contributed by atoms with Crippen LogP contribution in [0.5, 0.6) is 0 Å². The zero-order valence-corrected chi connectivity index (χ0v) is 14.1. The normalized spacial score (nSPS) is 10.7. The number of carbonyl (C=O) groups is 1. The summed E-state index contributed by atoms with van der Waals surface area (Å²) in [5.74, 6) is 0.389. The third-order valence-corrected chi connectivity index (χ3v) is 5.20. The fraction of sp³-hybridized carbons (Fsp3) is 0.188. The van der Waals surface area contributed by atoms with Crippen molar-refractivity contribution in [3.63, 3.8) is 0 Å². The monoisotopic (exact) mass is 345 g/mol. The molecular weight excluding hydrogens is 330 g/mol. The minimum absolute atomic E-state index is 0.285. The van der Waals surface area contributed by atoms with E-state index in [1.165, 1.54) is 18.4 Å². The van der Waals surface area contributed by atoms with Crippen molar-refractivity contribution in [2.45, 2.75) is 17.5 Å². The molecule has 0 aliphatic heterocycles. The molecule has 0 atom stereocenters. The fourth-order valence-electron chi connectivity index (χ4n) is 2.09. The van der Waals surface area contributed by atoms with Gasteiger partial charge >= 0.3 is 5.97 Å². The molecule has 5 nitrogen and oxygen atoms in total. The number of methoxy groups -OCH3 is 1. The van der Waals surface area contributed by atoms with Gasteiger partial charge in [-0.1, -0.05) is 17.8 Å². The van der Waals surface area contributed by atoms with Crippen LogP contribution in [-0.4, -0.2) is 27.6 Å². The first-order chi connectivity index (χ1) is 11.3. The molecule has 0 aliphatic carbocycles. The molecule has 0 bridgehead atoms. The Kier molecular flexibility index (Phi) is 5.09. The molecule has 0 aliphatic rings. The van der Waals surface area contributed by atoms with Crippen LogP contribution >= 0.6 is 23.1 Å². The van der Waals surface area contributed by atoms with Gasteiger partial charge in [0.15, 0.2) is 5.16 Å². The fourth-order valence-corrected chi connectivity index (χ4v) is 3.97. The van der Waals surface area contributed by atoms with Gasteiger partial charge < -0.3 is 9.30 Å². The summed E-state index contributed by atoms with van der Waals surface area (Å²) in [5, 5.41) is 2.81. The van der Waals surface area contributed by atoms with Crippen LogP contribution in [0.25, 0.3) is 0 Å². The lowest BCUT2D eigenvalue weighted by Crippen LogP contribution is -2.03. The van der Waals surface area contributed by atoms with Crippen molar-refractivity contribution < 1.29 is 9.53 Å². The van der Waals surface area contributed by atoms with Crippen molar-refractivity contribution in [2.24, 2.45) is 0 Å². The Morgan fingerprint density at radius 1 is 1.30 bits per heavy atom. The van der Waals surface area contributed by atoms with Crippen molar-refractivity contribution >= 4 is 29.1 Å². The number of nitrogens with zero attached hydrogens (tertiary/aromatic N) is 3. The second-order valence-corrected chi connectivity index (χ2v) is 6.57. The van der Waals surface area contributed by atoms with Gasteiger partial charge in [-0.3, -0.25) is 4.98 Å². The Morgan fingerprint density at radius 2 is 2.22 bits per heavy atom. The molecule has 0 unspecified atom stereocenters. The molecule has 0 aromatic carbocycles. The number of esters is 1. The lowest BCUT2D eigenvalue weighted by Gasteiger charge is -2.07. The number of ether oxygens (including phenoxy) is 1. The van der Waals surface area contributed by atoms with E-state index in [-0.39, 0.29) is 5.97 Å². The summed E-state index contributed by atoms with van der Waals surface area (Å²) in [6.07, 6.45) is 5.50. The number of imidazole rings is 1. The summed E-state index contributed by atoms with van der Waals surface area (Å²) >= 11 is 3.00. The van der Waals surface area contributed by atoms with Crippen LogP contribution in [0.4, 0.5) is 0 Å². The Bertz CT molecular complexity index is 783. The first-order valence-corrected chi connectivity index (χ1v) is 8.83. The topological polar surface area (TPSA) is 57.0 Å². The van der Waals surface area contributed by atoms with Crippen molar-refractivity contribution in [1.82, 2.24) is 14.5 Å². The van der Waals surface area contributed by atoms with E-state index >= 15 is 0 Å². The zero-order valence-electron chi connectivity index (χ0n) is 12.5. The van der Waals surface area contributed by atoms with Gasteiger partial charge in [0.2, 0.25) is 0 Å². The first kappa shape index (κ1) is 15.8. The van der Waals surface area contributed by atoms with E-state index in [1.807, 2.05) is 35.8 Å². The SMILES string of the molecule is COC(=O)c1sccc1CSc1nccn1Cc1ccccn1. The van der Waals surface area contributed by atoms with Gasteiger partial charge in [-0.2, -0.15) is 0 Å². The van der Waals surface area contributed by atoms with E-state index < -0.39 is 0 Å². The van der Waals surface area contributed by atoms with Crippen molar-refractivity contribution in [1.29, 1.82) is 0 Å². The van der Waals surface area contributed by atoms with Gasteiger partial charge in [0, 0.05) is 24.3 Å². The van der Waals surface area contributed by atoms with Gasteiger partial charge in [-0.05, 0) is 29.1 Å². The molecule has 0 fully saturated rings. The van der Waals surface area contributed by atoms with Crippen molar-refractivity contribution in [2.75, 3.05) is 7.11 Å². The van der Waals surface area contributed by atoms with Gasteiger partial charge in [0.25, 0.3) is 0 Å². The van der Waals surface area contributed by atoms with Gasteiger partial charge in [-0.25, -0.2) is 9.78 Å². The lowest BCUT2D eigenvalue weighted by atomic mass is 10.3. The minimum atomic E-state index is -0.285. The van der Waals surface area contributed by atoms with E-state index in [0.717, 1.165) is 16.4 Å². The predicted molar refractivity (Wildman–Crippen MR) is 90.8 cm³/mol. The number of hydrogen-bond donors (Lipinski definition) is 0. The summed E-state index contributed by atoms with van der Waals surface area (Å²) in [6.45, 7) is 0.677. The number of thiophene rings is 1. The molecule has 7 heteroatoms. The molecule has 3 heterocycles. The standard InChI is InChI=1S/C16H15N3O2S2/c1-21-15(20)14-12(5-9-22-14)11-23-16-18-7-8-19(16)10-13-4-2-3-6-17-13/h2-9H,10-11H2,1H3. The Morgan fingerprint density at radius 3 is 3.00 bits per heavy atom. The largest absolute Gasteiger partial charge is 0.465 e. The molecule has 23 heavy (non-hydrogen) atoms. The first-order valence-electron chi connectivity index (χ1n) is 6.96. The van der Waals surface area contributed by atoms with E-state index in [0.29, 0.717) is 17.2 Å². The number of rotatable bonds is 6. The highest BCUT2D eigenvalue weighted by molar-refractivity contribution is 7.98. The van der Waals surface area contributed by atoms with Crippen LogP contribution in [-0.2, 0) is 17.0 Å². The highest BCUT2D eigenvalue weighted by Gasteiger charge is 2.14. The molecule has 0 saturated carbocycles. The maximum absolute atomic E-state index is 11.7. The van der Waals surface area contributed by atoms with E-state index in [1.54, 1.807) is 24.2 Å². The number of pyridine rings is 1. The third-order valence-electron chi connectivity index (χ3n) is 3.21. The van der Waals surface area contributed by atoms with Crippen LogP contribution in [0, 0.1) is 0 Å². The summed E-state index contributed by atoms with van der Waals surface area (Å²) in [6, 6.07) is 7.82. The van der Waals surface area contributed by atoms with Crippen molar-refractivity contribution in [3.05, 3.63) is 64.4 Å². The molecule has 3 aromatic heterocycles. The quantitative estimate of drug-likeness (QED) is 0.506. The van der Waals surface area contributed by atoms with Crippen LogP contribution in [0.3, 0.4) is 0 Å². The van der Waals surface area contributed by atoms with Gasteiger partial charge in [0.05, 0.1) is 19.3 Å². The number of aromatic nitrogens is 3. The van der Waals surface area contributed by atoms with Crippen LogP contribution < -0.4 is 0 Å². The third kappa shape index (κ3) is 3.80. The minimum Gasteiger partial charge on any atom is -0.465 e. The smallest absolute Gasteiger partial charge is 0.348 e. The number of hydrogen-bond acceptors (Lipinski definition) is 6. The molecule has 0 spiro atoms. The van der Waals surface area contributed by atoms with E-state index in [9.17, 15) is 4.79 Å². The maximum Gasteiger partial charge on any atom is 0.348 e. The highest BCUT2D eigenvalue weighted by atomic mass is 32.2. The Hall–Kier alpha value is -2.12. The predicted octanol–water partition coefficient (Wildman–Crippen LogP) is 3.47. The molecule has 118 valence electrons. The second kappa shape index (κ2) is 7.43. The summed E-state index contributed by atoms with van der Waals surface area (Å²) in [5.41, 5.74) is 1.96. The number of carbonyl (C=O) groups excluding carboxylic acids is 1. The summed E-state index contributed by atoms with van der Waals surface area (Å²) in [7, 11) is 1.40. The maximum atomic E-state index is 11.7. The average molecular weight is 345 g/mol. The average Bonchev–Trinajstić information content (AvgIpc) is 3.22. The number of thioether (sulfide) groups is 1. The zero-order chi connectivity index (χ0) is 16.1. The van der Waals surface area contributed by atoms with Gasteiger partial charge in [-0.15, -0.1) is 11.3 Å². The van der Waals surface area contributed by atoms with Gasteiger partial charge in [0.1, 0.15) is 4.88 Å². The van der Waals surface area contributed by atoms with Crippen LogP contribution in [0.1, 0.15) is 20.9 Å². The lowest BCUT2D eigenvalue weighted by molar-refractivity contribution is 0.0605. The molecule has 3 aromatic rings. The summed E-state index contributed by atoms with van der Waals surface area (Å²) < 4.78 is 6.86. The van der Waals surface area contributed by atoms with Crippen molar-refractivity contribution in [3.8, 4) is 0 Å².